The van der Waals surface area contributed by atoms with Crippen LogP contribution in [0.2, 0.25) is 5.02 Å². The highest BCUT2D eigenvalue weighted by molar-refractivity contribution is 6.30. The van der Waals surface area contributed by atoms with E-state index in [4.69, 9.17) is 21.1 Å². The number of carbonyl (C=O) groups is 1. The van der Waals surface area contributed by atoms with Crippen molar-refractivity contribution in [2.75, 3.05) is 31.6 Å². The van der Waals surface area contributed by atoms with E-state index in [1.54, 1.807) is 30.3 Å². The van der Waals surface area contributed by atoms with E-state index in [0.29, 0.717) is 54.3 Å². The average molecular weight is 622 g/mol. The lowest BCUT2D eigenvalue weighted by molar-refractivity contribution is -0.274. The van der Waals surface area contributed by atoms with Crippen LogP contribution in [0, 0.1) is 5.82 Å². The SMILES string of the molecule is O=C(C[C@@H](c1ccc(Cl)cc1)c1cccc(OC(F)(F)F)c1)Nc1cncc(F)c1CC[C@@H]1CNCC2(CCOCC2)O1. The minimum absolute atomic E-state index is 0.136. The van der Waals surface area contributed by atoms with Gasteiger partial charge in [0.25, 0.3) is 0 Å². The molecular weight excluding hydrogens is 590 g/mol. The van der Waals surface area contributed by atoms with Crippen LogP contribution in [0.3, 0.4) is 0 Å². The maximum atomic E-state index is 15.0. The van der Waals surface area contributed by atoms with Crippen LogP contribution in [0.1, 0.15) is 48.3 Å². The van der Waals surface area contributed by atoms with Crippen LogP contribution < -0.4 is 15.4 Å². The second kappa shape index (κ2) is 13.6. The molecule has 0 aliphatic carbocycles. The van der Waals surface area contributed by atoms with Gasteiger partial charge in [0.05, 0.1) is 29.8 Å². The lowest BCUT2D eigenvalue weighted by Gasteiger charge is -2.44. The topological polar surface area (TPSA) is 81.7 Å². The molecule has 230 valence electrons. The van der Waals surface area contributed by atoms with Crippen molar-refractivity contribution < 1.29 is 36.6 Å². The van der Waals surface area contributed by atoms with Gasteiger partial charge in [-0.2, -0.15) is 0 Å². The Kier molecular flexibility index (Phi) is 9.85. The van der Waals surface area contributed by atoms with Gasteiger partial charge in [0.1, 0.15) is 11.6 Å². The molecule has 1 spiro atoms. The minimum atomic E-state index is -4.86. The average Bonchev–Trinajstić information content (AvgIpc) is 2.96. The van der Waals surface area contributed by atoms with Gasteiger partial charge in [-0.1, -0.05) is 35.9 Å². The first-order valence-corrected chi connectivity index (χ1v) is 14.5. The zero-order valence-corrected chi connectivity index (χ0v) is 24.0. The number of carbonyl (C=O) groups excluding carboxylic acids is 1. The number of benzene rings is 2. The van der Waals surface area contributed by atoms with E-state index in [0.717, 1.165) is 25.6 Å². The van der Waals surface area contributed by atoms with E-state index < -0.39 is 29.8 Å². The van der Waals surface area contributed by atoms with Crippen molar-refractivity contribution in [3.05, 3.63) is 88.5 Å². The third-order valence-corrected chi connectivity index (χ3v) is 8.04. The van der Waals surface area contributed by atoms with E-state index >= 15 is 4.39 Å². The molecule has 2 aliphatic rings. The van der Waals surface area contributed by atoms with Gasteiger partial charge < -0.3 is 24.8 Å². The van der Waals surface area contributed by atoms with Gasteiger partial charge in [-0.15, -0.1) is 13.2 Å². The Morgan fingerprint density at radius 3 is 2.65 bits per heavy atom. The first-order chi connectivity index (χ1) is 20.6. The number of anilines is 1. The summed E-state index contributed by atoms with van der Waals surface area (Å²) in [5, 5.41) is 6.68. The summed E-state index contributed by atoms with van der Waals surface area (Å²) in [5.41, 5.74) is 1.35. The summed E-state index contributed by atoms with van der Waals surface area (Å²) in [6.07, 6.45) is -0.228. The van der Waals surface area contributed by atoms with Crippen molar-refractivity contribution in [3.8, 4) is 5.75 Å². The predicted molar refractivity (Wildman–Crippen MR) is 153 cm³/mol. The molecule has 2 fully saturated rings. The molecule has 7 nitrogen and oxygen atoms in total. The van der Waals surface area contributed by atoms with Gasteiger partial charge in [0.15, 0.2) is 0 Å². The maximum Gasteiger partial charge on any atom is 0.573 e. The molecule has 12 heteroatoms. The normalized spacial score (nSPS) is 19.1. The smallest absolute Gasteiger partial charge is 0.406 e. The molecule has 2 aliphatic heterocycles. The van der Waals surface area contributed by atoms with Gasteiger partial charge in [-0.05, 0) is 48.2 Å². The van der Waals surface area contributed by atoms with Crippen LogP contribution >= 0.6 is 11.6 Å². The molecule has 5 rings (SSSR count). The molecule has 1 amide bonds. The Balaban J connectivity index is 1.31. The number of pyridine rings is 1. The Morgan fingerprint density at radius 1 is 1.14 bits per heavy atom. The van der Waals surface area contributed by atoms with Crippen molar-refractivity contribution in [3.63, 3.8) is 0 Å². The van der Waals surface area contributed by atoms with E-state index in [9.17, 15) is 18.0 Å². The molecule has 2 saturated heterocycles. The highest BCUT2D eigenvalue weighted by Gasteiger charge is 2.38. The van der Waals surface area contributed by atoms with Crippen molar-refractivity contribution in [1.82, 2.24) is 10.3 Å². The summed E-state index contributed by atoms with van der Waals surface area (Å²) >= 11 is 6.05. The highest BCUT2D eigenvalue weighted by atomic mass is 35.5. The number of nitrogens with one attached hydrogen (secondary N) is 2. The fourth-order valence-corrected chi connectivity index (χ4v) is 5.79. The van der Waals surface area contributed by atoms with Crippen LogP contribution in [-0.4, -0.2) is 55.3 Å². The first kappa shape index (κ1) is 31.2. The number of morpholine rings is 1. The standard InChI is InChI=1S/C31H32ClF4N3O4/c32-22-6-4-20(5-7-22)26(21-2-1-3-23(14-21)43-31(34,35)36)15-29(40)39-28-18-37-17-27(33)25(28)9-8-24-16-38-19-30(42-24)10-12-41-13-11-30/h1-7,14,17-18,24,26,38H,8-13,15-16,19H2,(H,39,40)/t24-,26+/m1/s1. The third-order valence-electron chi connectivity index (χ3n) is 7.79. The molecule has 2 atom stereocenters. The number of aromatic nitrogens is 1. The molecule has 3 aromatic rings. The van der Waals surface area contributed by atoms with Crippen LogP contribution in [0.25, 0.3) is 0 Å². The number of alkyl halides is 3. The Morgan fingerprint density at radius 2 is 1.91 bits per heavy atom. The molecule has 0 saturated carbocycles. The van der Waals surface area contributed by atoms with E-state index in [2.05, 4.69) is 20.4 Å². The zero-order valence-electron chi connectivity index (χ0n) is 23.3. The number of hydrogen-bond acceptors (Lipinski definition) is 6. The molecule has 3 heterocycles. The van der Waals surface area contributed by atoms with Crippen LogP contribution in [-0.2, 0) is 20.7 Å². The van der Waals surface area contributed by atoms with Crippen LogP contribution in [0.5, 0.6) is 5.75 Å². The van der Waals surface area contributed by atoms with E-state index in [-0.39, 0.29) is 23.8 Å². The fourth-order valence-electron chi connectivity index (χ4n) is 5.66. The summed E-state index contributed by atoms with van der Waals surface area (Å²) in [6.45, 7) is 2.66. The highest BCUT2D eigenvalue weighted by Crippen LogP contribution is 2.34. The van der Waals surface area contributed by atoms with Crippen LogP contribution in [0.15, 0.2) is 60.9 Å². The summed E-state index contributed by atoms with van der Waals surface area (Å²) < 4.78 is 69.7. The van der Waals surface area contributed by atoms with Gasteiger partial charge in [0.2, 0.25) is 5.91 Å². The molecule has 0 radical (unpaired) electrons. The van der Waals surface area contributed by atoms with Gasteiger partial charge in [-0.3, -0.25) is 9.78 Å². The van der Waals surface area contributed by atoms with Gasteiger partial charge >= 0.3 is 6.36 Å². The van der Waals surface area contributed by atoms with Gasteiger partial charge in [-0.25, -0.2) is 4.39 Å². The zero-order chi connectivity index (χ0) is 30.5. The summed E-state index contributed by atoms with van der Waals surface area (Å²) in [7, 11) is 0. The molecular formula is C31H32ClF4N3O4. The number of ether oxygens (including phenoxy) is 3. The molecule has 1 aromatic heterocycles. The van der Waals surface area contributed by atoms with Gasteiger partial charge in [0, 0.05) is 62.1 Å². The summed E-state index contributed by atoms with van der Waals surface area (Å²) in [6, 6.07) is 12.2. The second-order valence-corrected chi connectivity index (χ2v) is 11.3. The lowest BCUT2D eigenvalue weighted by Crippen LogP contribution is -2.56. The number of nitrogens with zero attached hydrogens (tertiary/aromatic N) is 1. The minimum Gasteiger partial charge on any atom is -0.406 e. The predicted octanol–water partition coefficient (Wildman–Crippen LogP) is 6.40. The number of halogens is 5. The molecule has 2 aromatic carbocycles. The van der Waals surface area contributed by atoms with Crippen molar-refractivity contribution >= 4 is 23.2 Å². The van der Waals surface area contributed by atoms with E-state index in [1.165, 1.54) is 24.4 Å². The molecule has 2 N–H and O–H groups in total. The Hall–Kier alpha value is -3.25. The van der Waals surface area contributed by atoms with Crippen molar-refractivity contribution in [2.24, 2.45) is 0 Å². The number of amides is 1. The second-order valence-electron chi connectivity index (χ2n) is 10.8. The van der Waals surface area contributed by atoms with Crippen LogP contribution in [0.4, 0.5) is 23.2 Å². The first-order valence-electron chi connectivity index (χ1n) is 14.1. The third kappa shape index (κ3) is 8.44. The Labute approximate surface area is 251 Å². The fraction of sp³-hybridized carbons (Fsp3) is 0.419. The maximum absolute atomic E-state index is 15.0. The van der Waals surface area contributed by atoms with Crippen molar-refractivity contribution in [1.29, 1.82) is 0 Å². The molecule has 0 unspecified atom stereocenters. The monoisotopic (exact) mass is 621 g/mol. The molecule has 0 bridgehead atoms. The van der Waals surface area contributed by atoms with E-state index in [1.807, 2.05) is 0 Å². The summed E-state index contributed by atoms with van der Waals surface area (Å²) in [4.78, 5) is 17.3. The Bertz CT molecular complexity index is 1400. The quantitative estimate of drug-likeness (QED) is 0.269. The van der Waals surface area contributed by atoms with Crippen molar-refractivity contribution in [2.45, 2.75) is 56.1 Å². The summed E-state index contributed by atoms with van der Waals surface area (Å²) in [5.74, 6) is -2.06. The molecule has 43 heavy (non-hydrogen) atoms. The lowest BCUT2D eigenvalue weighted by atomic mass is 9.88. The number of hydrogen-bond donors (Lipinski definition) is 2. The number of rotatable bonds is 9. The largest absolute Gasteiger partial charge is 0.573 e.